The maximum absolute atomic E-state index is 11.6. The number of nitrogens with two attached hydrogens (primary N) is 1. The Hall–Kier alpha value is -0.520. The van der Waals surface area contributed by atoms with E-state index >= 15 is 0 Å². The molecule has 1 aromatic rings. The minimum Gasteiger partial charge on any atom is -0.355 e. The second-order valence-corrected chi connectivity index (χ2v) is 7.68. The van der Waals surface area contributed by atoms with Crippen molar-refractivity contribution in [1.82, 2.24) is 5.32 Å². The van der Waals surface area contributed by atoms with E-state index in [4.69, 9.17) is 5.73 Å². The van der Waals surface area contributed by atoms with Gasteiger partial charge in [-0.2, -0.15) is 0 Å². The average molecular weight is 345 g/mol. The van der Waals surface area contributed by atoms with Crippen molar-refractivity contribution in [3.05, 3.63) is 28.7 Å². The summed E-state index contributed by atoms with van der Waals surface area (Å²) in [4.78, 5) is 12.8. The van der Waals surface area contributed by atoms with Gasteiger partial charge in [-0.15, -0.1) is 11.8 Å². The van der Waals surface area contributed by atoms with Crippen LogP contribution in [0.15, 0.2) is 33.6 Å². The van der Waals surface area contributed by atoms with Crippen molar-refractivity contribution in [1.29, 1.82) is 0 Å². The van der Waals surface area contributed by atoms with Gasteiger partial charge >= 0.3 is 0 Å². The molecule has 0 radical (unpaired) electrons. The van der Waals surface area contributed by atoms with Crippen LogP contribution >= 0.6 is 27.7 Å². The van der Waals surface area contributed by atoms with Gasteiger partial charge < -0.3 is 11.1 Å². The van der Waals surface area contributed by atoms with Crippen molar-refractivity contribution in [3.63, 3.8) is 0 Å². The molecule has 0 bridgehead atoms. The molecule has 0 heterocycles. The first kappa shape index (κ1) is 16.5. The van der Waals surface area contributed by atoms with Crippen molar-refractivity contribution in [3.8, 4) is 0 Å². The number of halogens is 1. The van der Waals surface area contributed by atoms with E-state index < -0.39 is 0 Å². The third kappa shape index (κ3) is 6.99. The maximum atomic E-state index is 11.6. The predicted octanol–water partition coefficient (Wildman–Crippen LogP) is 3.17. The zero-order valence-electron chi connectivity index (χ0n) is 11.4. The molecule has 3 nitrogen and oxygen atoms in total. The summed E-state index contributed by atoms with van der Waals surface area (Å²) in [6.07, 6.45) is 1.25. The van der Waals surface area contributed by atoms with Crippen LogP contribution in [0.2, 0.25) is 0 Å². The van der Waals surface area contributed by atoms with Crippen LogP contribution in [-0.2, 0) is 4.79 Å². The van der Waals surface area contributed by atoms with E-state index in [9.17, 15) is 4.79 Å². The summed E-state index contributed by atoms with van der Waals surface area (Å²) < 4.78 is 1.04. The first-order valence-electron chi connectivity index (χ1n) is 6.34. The molecule has 0 aliphatic heterocycles. The molecule has 3 N–H and O–H groups in total. The Morgan fingerprint density at radius 2 is 2.00 bits per heavy atom. The van der Waals surface area contributed by atoms with E-state index in [0.717, 1.165) is 10.9 Å². The lowest BCUT2D eigenvalue weighted by Gasteiger charge is -2.24. The van der Waals surface area contributed by atoms with Crippen LogP contribution in [0.1, 0.15) is 26.7 Å². The summed E-state index contributed by atoms with van der Waals surface area (Å²) >= 11 is 5.18. The maximum Gasteiger partial charge on any atom is 0.220 e. The van der Waals surface area contributed by atoms with Gasteiger partial charge in [0.05, 0.1) is 0 Å². The van der Waals surface area contributed by atoms with Gasteiger partial charge in [-0.05, 0) is 51.1 Å². The molecule has 1 amide bonds. The van der Waals surface area contributed by atoms with Crippen LogP contribution in [0.5, 0.6) is 0 Å². The monoisotopic (exact) mass is 344 g/mol. The lowest BCUT2D eigenvalue weighted by atomic mass is 10.2. The summed E-state index contributed by atoms with van der Waals surface area (Å²) in [7, 11) is 0. The summed E-state index contributed by atoms with van der Waals surface area (Å²) in [6.45, 7) is 5.47. The second kappa shape index (κ2) is 7.92. The van der Waals surface area contributed by atoms with Gasteiger partial charge in [0.25, 0.3) is 0 Å². The molecule has 0 spiro atoms. The molecule has 106 valence electrons. The minimum atomic E-state index is -0.0355. The van der Waals surface area contributed by atoms with Crippen molar-refractivity contribution < 1.29 is 4.79 Å². The summed E-state index contributed by atoms with van der Waals surface area (Å²) in [5.41, 5.74) is 5.39. The topological polar surface area (TPSA) is 55.1 Å². The van der Waals surface area contributed by atoms with Gasteiger partial charge in [0, 0.05) is 27.1 Å². The van der Waals surface area contributed by atoms with Gasteiger partial charge in [-0.3, -0.25) is 4.79 Å². The quantitative estimate of drug-likeness (QED) is 0.747. The molecular formula is C14H21BrN2OS. The predicted molar refractivity (Wildman–Crippen MR) is 85.4 cm³/mol. The number of carbonyl (C=O) groups excluding carboxylic acids is 1. The normalized spacial score (nSPS) is 11.4. The number of carbonyl (C=O) groups is 1. The van der Waals surface area contributed by atoms with Gasteiger partial charge in [0.15, 0.2) is 0 Å². The average Bonchev–Trinajstić information content (AvgIpc) is 2.36. The van der Waals surface area contributed by atoms with Gasteiger partial charge in [0.2, 0.25) is 5.91 Å². The second-order valence-electron chi connectivity index (χ2n) is 4.98. The largest absolute Gasteiger partial charge is 0.355 e. The first-order chi connectivity index (χ1) is 8.93. The highest BCUT2D eigenvalue weighted by molar-refractivity contribution is 9.10. The van der Waals surface area contributed by atoms with Crippen LogP contribution in [0.4, 0.5) is 0 Å². The summed E-state index contributed by atoms with van der Waals surface area (Å²) in [5.74, 6) is 0.0786. The Kier molecular flexibility index (Phi) is 6.89. The van der Waals surface area contributed by atoms with E-state index in [2.05, 4.69) is 47.2 Å². The SMILES string of the molecule is CC(C)(CNC(=O)CCCN)Sc1ccc(Br)cc1. The smallest absolute Gasteiger partial charge is 0.220 e. The molecule has 0 saturated heterocycles. The van der Waals surface area contributed by atoms with Crippen molar-refractivity contribution in [2.24, 2.45) is 5.73 Å². The zero-order valence-corrected chi connectivity index (χ0v) is 13.8. The standard InChI is InChI=1S/C14H21BrN2OS/c1-14(2,10-17-13(18)4-3-9-16)19-12-7-5-11(15)6-8-12/h5-8H,3-4,9-10,16H2,1-2H3,(H,17,18). The third-order valence-electron chi connectivity index (χ3n) is 2.53. The Morgan fingerprint density at radius 1 is 1.37 bits per heavy atom. The van der Waals surface area contributed by atoms with Crippen molar-refractivity contribution in [2.45, 2.75) is 36.3 Å². The fourth-order valence-electron chi connectivity index (χ4n) is 1.52. The van der Waals surface area contributed by atoms with Crippen LogP contribution in [0.25, 0.3) is 0 Å². The lowest BCUT2D eigenvalue weighted by molar-refractivity contribution is -0.121. The van der Waals surface area contributed by atoms with Crippen LogP contribution in [0.3, 0.4) is 0 Å². The Bertz CT molecular complexity index is 406. The molecular weight excluding hydrogens is 324 g/mol. The minimum absolute atomic E-state index is 0.0355. The van der Waals surface area contributed by atoms with Crippen LogP contribution in [-0.4, -0.2) is 23.7 Å². The van der Waals surface area contributed by atoms with Gasteiger partial charge in [0.1, 0.15) is 0 Å². The van der Waals surface area contributed by atoms with Crippen LogP contribution in [0, 0.1) is 0 Å². The Balaban J connectivity index is 2.42. The van der Waals surface area contributed by atoms with E-state index in [0.29, 0.717) is 19.5 Å². The molecule has 0 fully saturated rings. The molecule has 1 rings (SSSR count). The molecule has 0 aliphatic carbocycles. The van der Waals surface area contributed by atoms with E-state index in [1.807, 2.05) is 12.1 Å². The van der Waals surface area contributed by atoms with Gasteiger partial charge in [-0.25, -0.2) is 0 Å². The molecule has 0 unspecified atom stereocenters. The van der Waals surface area contributed by atoms with Crippen LogP contribution < -0.4 is 11.1 Å². The number of benzene rings is 1. The highest BCUT2D eigenvalue weighted by Crippen LogP contribution is 2.32. The molecule has 1 aromatic carbocycles. The van der Waals surface area contributed by atoms with Gasteiger partial charge in [-0.1, -0.05) is 15.9 Å². The molecule has 0 saturated carbocycles. The fraction of sp³-hybridized carbons (Fsp3) is 0.500. The number of hydrogen-bond acceptors (Lipinski definition) is 3. The van der Waals surface area contributed by atoms with Crippen molar-refractivity contribution >= 4 is 33.6 Å². The fourth-order valence-corrected chi connectivity index (χ4v) is 2.84. The number of rotatable bonds is 7. The lowest BCUT2D eigenvalue weighted by Crippen LogP contribution is -2.36. The number of hydrogen-bond donors (Lipinski definition) is 2. The Labute approximate surface area is 127 Å². The van der Waals surface area contributed by atoms with E-state index in [1.165, 1.54) is 4.90 Å². The highest BCUT2D eigenvalue weighted by atomic mass is 79.9. The molecule has 0 aromatic heterocycles. The number of nitrogens with one attached hydrogen (secondary N) is 1. The molecule has 5 heteroatoms. The van der Waals surface area contributed by atoms with E-state index in [1.54, 1.807) is 11.8 Å². The summed E-state index contributed by atoms with van der Waals surface area (Å²) in [5, 5.41) is 2.96. The summed E-state index contributed by atoms with van der Waals surface area (Å²) in [6, 6.07) is 8.20. The zero-order chi connectivity index (χ0) is 14.3. The molecule has 0 aliphatic rings. The number of thioether (sulfide) groups is 1. The first-order valence-corrected chi connectivity index (χ1v) is 7.95. The number of amides is 1. The Morgan fingerprint density at radius 3 is 2.58 bits per heavy atom. The third-order valence-corrected chi connectivity index (χ3v) is 4.26. The van der Waals surface area contributed by atoms with E-state index in [-0.39, 0.29) is 10.7 Å². The highest BCUT2D eigenvalue weighted by Gasteiger charge is 2.20. The van der Waals surface area contributed by atoms with Crippen molar-refractivity contribution in [2.75, 3.05) is 13.1 Å². The molecule has 0 atom stereocenters. The molecule has 19 heavy (non-hydrogen) atoms.